The van der Waals surface area contributed by atoms with Crippen LogP contribution in [0.5, 0.6) is 0 Å². The molecule has 5 amide bonds. The molecule has 0 rings (SSSR count). The van der Waals surface area contributed by atoms with Crippen molar-refractivity contribution in [3.8, 4) is 0 Å². The molecule has 0 saturated carbocycles. The number of hydrogen-bond donors (Lipinski definition) is 5. The molecule has 0 aromatic heterocycles. The van der Waals surface area contributed by atoms with Gasteiger partial charge in [-0.25, -0.2) is 0 Å². The van der Waals surface area contributed by atoms with Crippen molar-refractivity contribution in [3.05, 3.63) is 0 Å². The molecule has 0 aromatic carbocycles. The Balaban J connectivity index is 3.71. The van der Waals surface area contributed by atoms with Gasteiger partial charge in [0.25, 0.3) is 0 Å². The molecule has 14 nitrogen and oxygen atoms in total. The highest BCUT2D eigenvalue weighted by molar-refractivity contribution is 14.1. The molecule has 0 saturated heterocycles. The van der Waals surface area contributed by atoms with Crippen LogP contribution in [0.2, 0.25) is 0 Å². The van der Waals surface area contributed by atoms with Crippen LogP contribution in [-0.4, -0.2) is 135 Å². The largest absolute Gasteiger partial charge is 0.379 e. The first kappa shape index (κ1) is 60.6. The first-order valence-corrected chi connectivity index (χ1v) is 26.9. The fraction of sp³-hybridized carbons (Fsp3) is 0.889. The van der Waals surface area contributed by atoms with Gasteiger partial charge >= 0.3 is 0 Å². The maximum absolute atomic E-state index is 12.9. The average molecular weight is 1030 g/mol. The highest BCUT2D eigenvalue weighted by Crippen LogP contribution is 2.16. The lowest BCUT2D eigenvalue weighted by atomic mass is 10.0. The van der Waals surface area contributed by atoms with Crippen LogP contribution >= 0.6 is 46.1 Å². The molecular formula is C45H86IN5O9S2. The summed E-state index contributed by atoms with van der Waals surface area (Å²) in [5.74, 6) is 0.0591. The van der Waals surface area contributed by atoms with Gasteiger partial charge in [0, 0.05) is 39.0 Å². The van der Waals surface area contributed by atoms with Crippen LogP contribution in [0.1, 0.15) is 150 Å². The summed E-state index contributed by atoms with van der Waals surface area (Å²) in [6, 6.07) is -0.708. The quantitative estimate of drug-likeness (QED) is 0.0239. The molecular weight excluding hydrogens is 946 g/mol. The van der Waals surface area contributed by atoms with Crippen LogP contribution in [0, 0.1) is 0 Å². The summed E-state index contributed by atoms with van der Waals surface area (Å²) in [6.45, 7) is 12.6. The smallest absolute Gasteiger partial charge is 0.242 e. The van der Waals surface area contributed by atoms with E-state index >= 15 is 0 Å². The molecule has 0 radical (unpaired) electrons. The summed E-state index contributed by atoms with van der Waals surface area (Å²) in [7, 11) is 0. The Hall–Kier alpha value is -1.38. The molecule has 0 heterocycles. The topological polar surface area (TPSA) is 182 Å². The van der Waals surface area contributed by atoms with Crippen LogP contribution in [-0.2, 0) is 42.9 Å². The molecule has 364 valence electrons. The minimum Gasteiger partial charge on any atom is -0.379 e. The molecule has 0 aliphatic carbocycles. The number of rotatable bonds is 46. The molecule has 62 heavy (non-hydrogen) atoms. The number of carbonyl (C=O) groups is 5. The molecule has 0 fully saturated rings. The van der Waals surface area contributed by atoms with Crippen LogP contribution in [0.3, 0.4) is 0 Å². The minimum absolute atomic E-state index is 0.0454. The fourth-order valence-corrected chi connectivity index (χ4v) is 7.65. The van der Waals surface area contributed by atoms with Gasteiger partial charge in [-0.1, -0.05) is 133 Å². The zero-order valence-corrected chi connectivity index (χ0v) is 42.7. The third-order valence-corrected chi connectivity index (χ3v) is 12.6. The van der Waals surface area contributed by atoms with Gasteiger partial charge in [-0.05, 0) is 31.4 Å². The van der Waals surface area contributed by atoms with Crippen molar-refractivity contribution in [1.82, 2.24) is 26.6 Å². The number of unbranched alkanes of at least 4 members (excludes halogenated alkanes) is 14. The standard InChI is InChI=1S/C45H86IN5O9S2/c1-5-6-7-8-9-10-11-12-13-14-15-16-17-18-19-22-41(52)48-25-29-58-34-35-59-30-26-49-42(53)23-28-57-32-33-60-31-27-50-45(56)40(51-44(55)37-61-38(2)3)21-20-24-47-43(54)36-62-39(4)46/h38-40H,5-37H2,1-4H3,(H,47,54)(H,48,52)(H,49,53)(H,50,56)(H,51,55)/t39?,40-/m0/s1. The van der Waals surface area contributed by atoms with Crippen molar-refractivity contribution in [2.75, 3.05) is 90.5 Å². The van der Waals surface area contributed by atoms with E-state index in [-0.39, 0.29) is 61.5 Å². The molecule has 0 spiro atoms. The number of thioether (sulfide) groups is 2. The number of halogens is 1. The normalized spacial score (nSPS) is 12.2. The Bertz CT molecular complexity index is 1110. The van der Waals surface area contributed by atoms with E-state index in [9.17, 15) is 24.0 Å². The highest BCUT2D eigenvalue weighted by atomic mass is 127. The van der Waals surface area contributed by atoms with Crippen molar-refractivity contribution < 1.29 is 42.9 Å². The lowest BCUT2D eigenvalue weighted by molar-refractivity contribution is -0.128. The van der Waals surface area contributed by atoms with Crippen molar-refractivity contribution in [1.29, 1.82) is 0 Å². The number of amides is 5. The maximum Gasteiger partial charge on any atom is 0.242 e. The third-order valence-electron chi connectivity index (χ3n) is 9.54. The van der Waals surface area contributed by atoms with E-state index in [1.54, 1.807) is 11.8 Å². The zero-order chi connectivity index (χ0) is 45.7. The van der Waals surface area contributed by atoms with Gasteiger partial charge in [0.05, 0.1) is 67.6 Å². The third kappa shape index (κ3) is 45.2. The number of carbonyl (C=O) groups excluding carboxylic acids is 5. The van der Waals surface area contributed by atoms with Crippen molar-refractivity contribution in [2.45, 2.75) is 164 Å². The highest BCUT2D eigenvalue weighted by Gasteiger charge is 2.20. The van der Waals surface area contributed by atoms with Gasteiger partial charge in [0.2, 0.25) is 29.5 Å². The van der Waals surface area contributed by atoms with E-state index in [1.807, 2.05) is 20.8 Å². The predicted octanol–water partition coefficient (Wildman–Crippen LogP) is 7.09. The summed E-state index contributed by atoms with van der Waals surface area (Å²) in [5.41, 5.74) is 0. The summed E-state index contributed by atoms with van der Waals surface area (Å²) >= 11 is 5.32. The molecule has 0 aromatic rings. The molecule has 2 atom stereocenters. The fourth-order valence-electron chi connectivity index (χ4n) is 6.06. The molecule has 5 N–H and O–H groups in total. The van der Waals surface area contributed by atoms with Crippen LogP contribution < -0.4 is 26.6 Å². The second-order valence-electron chi connectivity index (χ2n) is 15.7. The second kappa shape index (κ2) is 46.2. The van der Waals surface area contributed by atoms with E-state index in [1.165, 1.54) is 95.2 Å². The number of nitrogens with one attached hydrogen (secondary N) is 5. The van der Waals surface area contributed by atoms with Gasteiger partial charge in [0.1, 0.15) is 6.04 Å². The molecule has 0 aliphatic heterocycles. The van der Waals surface area contributed by atoms with Gasteiger partial charge in [-0.15, -0.1) is 23.5 Å². The Kier molecular flexibility index (Phi) is 45.1. The van der Waals surface area contributed by atoms with Gasteiger partial charge in [-0.3, -0.25) is 24.0 Å². The Morgan fingerprint density at radius 1 is 0.468 bits per heavy atom. The lowest BCUT2D eigenvalue weighted by Crippen LogP contribution is -2.48. The summed E-state index contributed by atoms with van der Waals surface area (Å²) in [4.78, 5) is 61.5. The Morgan fingerprint density at radius 2 is 0.903 bits per heavy atom. The van der Waals surface area contributed by atoms with E-state index < -0.39 is 6.04 Å². The summed E-state index contributed by atoms with van der Waals surface area (Å²) < 4.78 is 22.4. The summed E-state index contributed by atoms with van der Waals surface area (Å²) in [6.07, 6.45) is 21.4. The van der Waals surface area contributed by atoms with Crippen LogP contribution in [0.15, 0.2) is 0 Å². The van der Waals surface area contributed by atoms with Crippen molar-refractivity contribution in [3.63, 3.8) is 0 Å². The Labute approximate surface area is 397 Å². The first-order valence-electron chi connectivity index (χ1n) is 23.6. The van der Waals surface area contributed by atoms with E-state index in [0.717, 1.165) is 12.8 Å². The van der Waals surface area contributed by atoms with E-state index in [2.05, 4.69) is 56.1 Å². The molecule has 17 heteroatoms. The lowest BCUT2D eigenvalue weighted by Gasteiger charge is -2.19. The van der Waals surface area contributed by atoms with Gasteiger partial charge in [-0.2, -0.15) is 0 Å². The Morgan fingerprint density at radius 3 is 1.40 bits per heavy atom. The SMILES string of the molecule is CCCCCCCCCCCCCCCCCC(=O)NCCOCCOCCNC(=O)CCOCCOCCNC(=O)[C@H](CCCNC(=O)CSC(C)I)NC(=O)CSC(C)C. The summed E-state index contributed by atoms with van der Waals surface area (Å²) in [5, 5.41) is 14.5. The van der Waals surface area contributed by atoms with Gasteiger partial charge < -0.3 is 45.5 Å². The predicted molar refractivity (Wildman–Crippen MR) is 264 cm³/mol. The number of alkyl halides is 1. The first-order chi connectivity index (χ1) is 30.0. The average Bonchev–Trinajstić information content (AvgIpc) is 3.24. The molecule has 0 aliphatic rings. The maximum atomic E-state index is 12.9. The number of ether oxygens (including phenoxy) is 4. The van der Waals surface area contributed by atoms with Crippen molar-refractivity contribution >= 4 is 75.7 Å². The minimum atomic E-state index is -0.708. The monoisotopic (exact) mass is 1030 g/mol. The van der Waals surface area contributed by atoms with Gasteiger partial charge in [0.15, 0.2) is 0 Å². The van der Waals surface area contributed by atoms with Crippen molar-refractivity contribution in [2.24, 2.45) is 0 Å². The molecule has 0 bridgehead atoms. The molecule has 1 unspecified atom stereocenters. The number of hydrogen-bond acceptors (Lipinski definition) is 11. The zero-order valence-electron chi connectivity index (χ0n) is 38.9. The second-order valence-corrected chi connectivity index (χ2v) is 21.3. The van der Waals surface area contributed by atoms with E-state index in [0.29, 0.717) is 92.8 Å². The van der Waals surface area contributed by atoms with Crippen LogP contribution in [0.25, 0.3) is 0 Å². The van der Waals surface area contributed by atoms with Crippen LogP contribution in [0.4, 0.5) is 0 Å². The van der Waals surface area contributed by atoms with E-state index in [4.69, 9.17) is 18.9 Å².